The van der Waals surface area contributed by atoms with Crippen LogP contribution in [0.4, 0.5) is 5.13 Å². The highest BCUT2D eigenvalue weighted by atomic mass is 32.2. The number of aliphatic hydroxyl groups is 1. The number of nitrogens with zero attached hydrogens (tertiary/aromatic N) is 3. The predicted molar refractivity (Wildman–Crippen MR) is 151 cm³/mol. The molecule has 0 radical (unpaired) electrons. The van der Waals surface area contributed by atoms with E-state index in [4.69, 9.17) is 4.74 Å². The zero-order chi connectivity index (χ0) is 27.4. The number of rotatable bonds is 9. The van der Waals surface area contributed by atoms with E-state index in [9.17, 15) is 19.8 Å². The number of allylic oxidation sites excluding steroid dienone is 1. The van der Waals surface area contributed by atoms with Gasteiger partial charge < -0.3 is 14.9 Å². The second kappa shape index (κ2) is 11.5. The number of aliphatic hydroxyl groups excluding tert-OH is 1. The molecule has 0 spiro atoms. The number of methoxy groups -OCH3 is 1. The van der Waals surface area contributed by atoms with Crippen molar-refractivity contribution in [3.05, 3.63) is 113 Å². The number of hydrogen-bond acceptors (Lipinski definition) is 9. The Balaban J connectivity index is 1.50. The first-order chi connectivity index (χ1) is 19.0. The van der Waals surface area contributed by atoms with Gasteiger partial charge in [-0.15, -0.1) is 10.2 Å². The Morgan fingerprint density at radius 2 is 1.77 bits per heavy atom. The molecule has 0 bridgehead atoms. The van der Waals surface area contributed by atoms with Crippen molar-refractivity contribution in [2.45, 2.75) is 16.1 Å². The van der Waals surface area contributed by atoms with E-state index >= 15 is 0 Å². The molecule has 1 atom stereocenters. The van der Waals surface area contributed by atoms with Crippen molar-refractivity contribution in [3.8, 4) is 11.5 Å². The smallest absolute Gasteiger partial charge is 0.296 e. The van der Waals surface area contributed by atoms with Crippen molar-refractivity contribution in [1.29, 1.82) is 0 Å². The van der Waals surface area contributed by atoms with Crippen LogP contribution in [0.25, 0.3) is 6.08 Å². The third-order valence-corrected chi connectivity index (χ3v) is 8.15. The SMILES string of the molecule is COc1cc(C2C(C(=O)C=Cc3ccccc3)=C(O)C(=O)N2c2nnc(SCc3ccccc3)s2)ccc1O. The molecule has 0 fully saturated rings. The fraction of sp³-hybridized carbons (Fsp3) is 0.103. The first kappa shape index (κ1) is 26.2. The number of phenols is 1. The van der Waals surface area contributed by atoms with Gasteiger partial charge in [0.15, 0.2) is 27.4 Å². The van der Waals surface area contributed by atoms with Crippen LogP contribution < -0.4 is 9.64 Å². The Hall–Kier alpha value is -4.41. The van der Waals surface area contributed by atoms with E-state index in [1.165, 1.54) is 53.3 Å². The summed E-state index contributed by atoms with van der Waals surface area (Å²) in [5, 5.41) is 29.8. The molecule has 1 aliphatic heterocycles. The fourth-order valence-corrected chi connectivity index (χ4v) is 5.96. The zero-order valence-corrected chi connectivity index (χ0v) is 22.4. The van der Waals surface area contributed by atoms with E-state index in [0.29, 0.717) is 15.7 Å². The van der Waals surface area contributed by atoms with E-state index in [-0.39, 0.29) is 22.2 Å². The van der Waals surface area contributed by atoms with Crippen LogP contribution in [0.5, 0.6) is 11.5 Å². The normalized spacial score (nSPS) is 15.4. The largest absolute Gasteiger partial charge is 0.504 e. The molecule has 5 rings (SSSR count). The van der Waals surface area contributed by atoms with Crippen LogP contribution in [0.2, 0.25) is 0 Å². The molecule has 2 heterocycles. The lowest BCUT2D eigenvalue weighted by Gasteiger charge is -2.24. The van der Waals surface area contributed by atoms with Gasteiger partial charge >= 0.3 is 0 Å². The number of ketones is 1. The van der Waals surface area contributed by atoms with Gasteiger partial charge in [0.1, 0.15) is 0 Å². The average Bonchev–Trinajstić information content (AvgIpc) is 3.54. The second-order valence-corrected chi connectivity index (χ2v) is 10.7. The number of thioether (sulfide) groups is 1. The van der Waals surface area contributed by atoms with Crippen LogP contribution in [0.15, 0.2) is 101 Å². The van der Waals surface area contributed by atoms with E-state index in [1.54, 1.807) is 12.1 Å². The summed E-state index contributed by atoms with van der Waals surface area (Å²) in [6.07, 6.45) is 2.94. The number of aromatic hydroxyl groups is 1. The molecule has 0 saturated heterocycles. The molecule has 8 nitrogen and oxygen atoms in total. The third kappa shape index (κ3) is 5.57. The highest BCUT2D eigenvalue weighted by Gasteiger charge is 2.45. The molecule has 0 saturated carbocycles. The standard InChI is InChI=1S/C29H23N3O5S2/c1-37-23-16-20(13-15-21(23)33)25-24(22(34)14-12-18-8-4-2-5-9-18)26(35)27(36)32(25)28-30-31-29(39-28)38-17-19-10-6-3-7-11-19/h2-16,25,33,35H,17H2,1H3. The van der Waals surface area contributed by atoms with Crippen LogP contribution in [0.3, 0.4) is 0 Å². The Bertz CT molecular complexity index is 1570. The summed E-state index contributed by atoms with van der Waals surface area (Å²) in [6, 6.07) is 22.6. The maximum Gasteiger partial charge on any atom is 0.296 e. The van der Waals surface area contributed by atoms with E-state index in [0.717, 1.165) is 11.1 Å². The maximum atomic E-state index is 13.4. The summed E-state index contributed by atoms with van der Waals surface area (Å²) in [4.78, 5) is 28.1. The minimum Gasteiger partial charge on any atom is -0.504 e. The van der Waals surface area contributed by atoms with Crippen molar-refractivity contribution in [3.63, 3.8) is 0 Å². The number of aromatic nitrogens is 2. The quantitative estimate of drug-likeness (QED) is 0.153. The summed E-state index contributed by atoms with van der Waals surface area (Å²) >= 11 is 2.66. The zero-order valence-electron chi connectivity index (χ0n) is 20.7. The number of benzene rings is 3. The van der Waals surface area contributed by atoms with Crippen molar-refractivity contribution >= 4 is 46.0 Å². The summed E-state index contributed by atoms with van der Waals surface area (Å²) in [6.45, 7) is 0. The van der Waals surface area contributed by atoms with Gasteiger partial charge in [-0.3, -0.25) is 14.5 Å². The van der Waals surface area contributed by atoms with Crippen LogP contribution in [-0.4, -0.2) is 39.2 Å². The Morgan fingerprint density at radius 1 is 1.05 bits per heavy atom. The molecule has 1 aliphatic rings. The molecular formula is C29H23N3O5S2. The number of amides is 1. The van der Waals surface area contributed by atoms with Gasteiger partial charge in [0, 0.05) is 5.75 Å². The van der Waals surface area contributed by atoms with E-state index in [1.807, 2.05) is 60.7 Å². The lowest BCUT2D eigenvalue weighted by Crippen LogP contribution is -2.30. The Morgan fingerprint density at radius 3 is 2.49 bits per heavy atom. The third-order valence-electron chi connectivity index (χ3n) is 6.03. The summed E-state index contributed by atoms with van der Waals surface area (Å²) in [7, 11) is 1.40. The van der Waals surface area contributed by atoms with Crippen molar-refractivity contribution in [1.82, 2.24) is 10.2 Å². The highest BCUT2D eigenvalue weighted by molar-refractivity contribution is 8.00. The summed E-state index contributed by atoms with van der Waals surface area (Å²) < 4.78 is 5.89. The molecule has 2 N–H and O–H groups in total. The first-order valence-corrected chi connectivity index (χ1v) is 13.7. The monoisotopic (exact) mass is 557 g/mol. The van der Waals surface area contributed by atoms with E-state index in [2.05, 4.69) is 10.2 Å². The predicted octanol–water partition coefficient (Wildman–Crippen LogP) is 5.73. The molecule has 10 heteroatoms. The van der Waals surface area contributed by atoms with Crippen LogP contribution in [-0.2, 0) is 15.3 Å². The number of hydrogen-bond donors (Lipinski definition) is 2. The summed E-state index contributed by atoms with van der Waals surface area (Å²) in [5.74, 6) is -1.23. The molecular weight excluding hydrogens is 534 g/mol. The van der Waals surface area contributed by atoms with Crippen LogP contribution in [0, 0.1) is 0 Å². The van der Waals surface area contributed by atoms with Gasteiger partial charge in [0.25, 0.3) is 5.91 Å². The molecule has 0 aliphatic carbocycles. The number of anilines is 1. The lowest BCUT2D eigenvalue weighted by molar-refractivity contribution is -0.117. The van der Waals surface area contributed by atoms with Gasteiger partial charge in [0.05, 0.1) is 18.7 Å². The number of carbonyl (C=O) groups is 2. The van der Waals surface area contributed by atoms with Crippen LogP contribution in [0.1, 0.15) is 22.7 Å². The first-order valence-electron chi connectivity index (χ1n) is 11.9. The molecule has 39 heavy (non-hydrogen) atoms. The molecule has 1 amide bonds. The van der Waals surface area contributed by atoms with Gasteiger partial charge in [-0.25, -0.2) is 0 Å². The molecule has 1 unspecified atom stereocenters. The Labute approximate surface area is 232 Å². The van der Waals surface area contributed by atoms with E-state index < -0.39 is 23.5 Å². The van der Waals surface area contributed by atoms with Crippen molar-refractivity contribution < 1.29 is 24.5 Å². The van der Waals surface area contributed by atoms with Gasteiger partial charge in [-0.05, 0) is 34.9 Å². The number of ether oxygens (including phenoxy) is 1. The van der Waals surface area contributed by atoms with Gasteiger partial charge in [-0.1, -0.05) is 95.9 Å². The lowest BCUT2D eigenvalue weighted by atomic mass is 9.95. The minimum atomic E-state index is -1.01. The average molecular weight is 558 g/mol. The topological polar surface area (TPSA) is 113 Å². The molecule has 3 aromatic carbocycles. The molecule has 4 aromatic rings. The van der Waals surface area contributed by atoms with Crippen molar-refractivity contribution in [2.75, 3.05) is 12.0 Å². The maximum absolute atomic E-state index is 13.4. The highest BCUT2D eigenvalue weighted by Crippen LogP contribution is 2.44. The van der Waals surface area contributed by atoms with Crippen molar-refractivity contribution in [2.24, 2.45) is 0 Å². The fourth-order valence-electron chi connectivity index (χ4n) is 4.14. The number of phenolic OH excluding ortho intramolecular Hbond substituents is 1. The van der Waals surface area contributed by atoms with Gasteiger partial charge in [-0.2, -0.15) is 0 Å². The Kier molecular flexibility index (Phi) is 7.76. The number of carbonyl (C=O) groups excluding carboxylic acids is 2. The van der Waals surface area contributed by atoms with Gasteiger partial charge in [0.2, 0.25) is 5.13 Å². The molecule has 196 valence electrons. The second-order valence-electron chi connectivity index (χ2n) is 8.50. The summed E-state index contributed by atoms with van der Waals surface area (Å²) in [5.41, 5.74) is 2.25. The van der Waals surface area contributed by atoms with Crippen LogP contribution >= 0.6 is 23.1 Å². The molecule has 1 aromatic heterocycles. The minimum absolute atomic E-state index is 0.0994.